The van der Waals surface area contributed by atoms with Crippen LogP contribution in [-0.4, -0.2) is 22.4 Å². The van der Waals surface area contributed by atoms with Crippen LogP contribution in [0.1, 0.15) is 20.8 Å². The molecule has 0 bridgehead atoms. The van der Waals surface area contributed by atoms with Gasteiger partial charge in [-0.3, -0.25) is 9.59 Å². The van der Waals surface area contributed by atoms with E-state index >= 15 is 0 Å². The lowest BCUT2D eigenvalue weighted by molar-refractivity contribution is 0.0957. The number of aromatic amines is 1. The van der Waals surface area contributed by atoms with Crippen LogP contribution in [0.2, 0.25) is 5.02 Å². The number of hydrogen-bond acceptors (Lipinski definition) is 4. The summed E-state index contributed by atoms with van der Waals surface area (Å²) in [6, 6.07) is 7.52. The summed E-state index contributed by atoms with van der Waals surface area (Å²) >= 11 is 7.08. The van der Waals surface area contributed by atoms with Crippen LogP contribution >= 0.6 is 22.9 Å². The molecule has 0 spiro atoms. The number of nitrogens with one attached hydrogen (secondary N) is 2. The molecule has 3 rings (SSSR count). The predicted molar refractivity (Wildman–Crippen MR) is 92.5 cm³/mol. The summed E-state index contributed by atoms with van der Waals surface area (Å²) in [6.07, 6.45) is 2.06. The standard InChI is InChI=1S/C16H14ClN3O2S/c1-9-12-14(21)19-8-20-16(12)23-13(9)15(22)18-7-6-10-2-4-11(17)5-3-10/h2-5,8H,6-7H2,1H3,(H,18,22)(H,19,20,21). The van der Waals surface area contributed by atoms with Crippen molar-refractivity contribution in [1.82, 2.24) is 15.3 Å². The van der Waals surface area contributed by atoms with Gasteiger partial charge in [-0.15, -0.1) is 11.3 Å². The van der Waals surface area contributed by atoms with Crippen LogP contribution in [0.5, 0.6) is 0 Å². The molecule has 0 radical (unpaired) electrons. The quantitative estimate of drug-likeness (QED) is 0.762. The van der Waals surface area contributed by atoms with Crippen molar-refractivity contribution >= 4 is 39.1 Å². The number of H-pyrrole nitrogens is 1. The number of rotatable bonds is 4. The molecule has 0 aliphatic rings. The first kappa shape index (κ1) is 15.7. The molecule has 0 aliphatic heterocycles. The van der Waals surface area contributed by atoms with E-state index in [1.807, 2.05) is 24.3 Å². The third-order valence-electron chi connectivity index (χ3n) is 3.55. The van der Waals surface area contributed by atoms with Gasteiger partial charge in [-0.05, 0) is 36.6 Å². The van der Waals surface area contributed by atoms with E-state index < -0.39 is 0 Å². The highest BCUT2D eigenvalue weighted by Crippen LogP contribution is 2.26. The van der Waals surface area contributed by atoms with Crippen molar-refractivity contribution in [2.45, 2.75) is 13.3 Å². The molecule has 0 atom stereocenters. The third-order valence-corrected chi connectivity index (χ3v) is 5.00. The van der Waals surface area contributed by atoms with Crippen molar-refractivity contribution in [3.8, 4) is 0 Å². The van der Waals surface area contributed by atoms with Crippen LogP contribution in [0.25, 0.3) is 10.2 Å². The summed E-state index contributed by atoms with van der Waals surface area (Å²) in [4.78, 5) is 31.9. The molecule has 0 aliphatic carbocycles. The highest BCUT2D eigenvalue weighted by molar-refractivity contribution is 7.20. The Morgan fingerprint density at radius 1 is 1.35 bits per heavy atom. The first-order valence-corrected chi connectivity index (χ1v) is 8.25. The smallest absolute Gasteiger partial charge is 0.261 e. The molecule has 5 nitrogen and oxygen atoms in total. The van der Waals surface area contributed by atoms with Crippen LogP contribution in [-0.2, 0) is 6.42 Å². The van der Waals surface area contributed by atoms with E-state index in [-0.39, 0.29) is 11.5 Å². The van der Waals surface area contributed by atoms with Gasteiger partial charge in [0.25, 0.3) is 11.5 Å². The van der Waals surface area contributed by atoms with Gasteiger partial charge in [0, 0.05) is 11.6 Å². The van der Waals surface area contributed by atoms with Gasteiger partial charge in [-0.1, -0.05) is 23.7 Å². The molecule has 0 fully saturated rings. The van der Waals surface area contributed by atoms with Gasteiger partial charge in [0.1, 0.15) is 4.83 Å². The normalized spacial score (nSPS) is 10.9. The summed E-state index contributed by atoms with van der Waals surface area (Å²) in [5.74, 6) is -0.182. The Balaban J connectivity index is 1.71. The average Bonchev–Trinajstić information content (AvgIpc) is 2.88. The molecule has 0 saturated heterocycles. The van der Waals surface area contributed by atoms with Crippen molar-refractivity contribution in [3.05, 3.63) is 62.0 Å². The van der Waals surface area contributed by atoms with E-state index in [0.717, 1.165) is 5.56 Å². The lowest BCUT2D eigenvalue weighted by Gasteiger charge is -2.05. The van der Waals surface area contributed by atoms with Gasteiger partial charge in [-0.2, -0.15) is 0 Å². The Morgan fingerprint density at radius 3 is 2.78 bits per heavy atom. The second kappa shape index (κ2) is 6.52. The second-order valence-corrected chi connectivity index (χ2v) is 6.54. The summed E-state index contributed by atoms with van der Waals surface area (Å²) in [6.45, 7) is 2.28. The van der Waals surface area contributed by atoms with Crippen molar-refractivity contribution < 1.29 is 4.79 Å². The zero-order valence-corrected chi connectivity index (χ0v) is 13.9. The van der Waals surface area contributed by atoms with Crippen LogP contribution < -0.4 is 10.9 Å². The van der Waals surface area contributed by atoms with Gasteiger partial charge < -0.3 is 10.3 Å². The molecule has 23 heavy (non-hydrogen) atoms. The molecule has 1 aromatic carbocycles. The van der Waals surface area contributed by atoms with Gasteiger partial charge in [0.2, 0.25) is 0 Å². The molecule has 118 valence electrons. The van der Waals surface area contributed by atoms with E-state index in [0.29, 0.717) is 38.6 Å². The first-order valence-electron chi connectivity index (χ1n) is 7.05. The maximum Gasteiger partial charge on any atom is 0.261 e. The maximum absolute atomic E-state index is 12.3. The Morgan fingerprint density at radius 2 is 2.09 bits per heavy atom. The highest BCUT2D eigenvalue weighted by atomic mass is 35.5. The van der Waals surface area contributed by atoms with Crippen molar-refractivity contribution in [2.75, 3.05) is 6.54 Å². The van der Waals surface area contributed by atoms with E-state index in [9.17, 15) is 9.59 Å². The number of nitrogens with zero attached hydrogens (tertiary/aromatic N) is 1. The van der Waals surface area contributed by atoms with E-state index in [4.69, 9.17) is 11.6 Å². The molecule has 0 saturated carbocycles. The fourth-order valence-electron chi connectivity index (χ4n) is 2.35. The average molecular weight is 348 g/mol. The molecule has 7 heteroatoms. The minimum absolute atomic E-state index is 0.182. The lowest BCUT2D eigenvalue weighted by Crippen LogP contribution is -2.25. The topological polar surface area (TPSA) is 74.8 Å². The molecule has 2 aromatic heterocycles. The molecule has 2 N–H and O–H groups in total. The number of fused-ring (bicyclic) bond motifs is 1. The number of benzene rings is 1. The van der Waals surface area contributed by atoms with Gasteiger partial charge in [-0.25, -0.2) is 4.98 Å². The number of aryl methyl sites for hydroxylation is 1. The minimum atomic E-state index is -0.219. The Kier molecular flexibility index (Phi) is 4.45. The largest absolute Gasteiger partial charge is 0.351 e. The minimum Gasteiger partial charge on any atom is -0.351 e. The van der Waals surface area contributed by atoms with E-state index in [1.165, 1.54) is 17.7 Å². The zero-order valence-electron chi connectivity index (χ0n) is 12.4. The van der Waals surface area contributed by atoms with Gasteiger partial charge in [0.05, 0.1) is 16.6 Å². The zero-order chi connectivity index (χ0) is 16.4. The lowest BCUT2D eigenvalue weighted by atomic mass is 10.1. The molecular formula is C16H14ClN3O2S. The van der Waals surface area contributed by atoms with Crippen LogP contribution in [0.15, 0.2) is 35.4 Å². The number of thiophene rings is 1. The van der Waals surface area contributed by atoms with Crippen molar-refractivity contribution in [1.29, 1.82) is 0 Å². The SMILES string of the molecule is Cc1c(C(=O)NCCc2ccc(Cl)cc2)sc2nc[nH]c(=O)c12. The molecule has 0 unspecified atom stereocenters. The molecule has 3 aromatic rings. The maximum atomic E-state index is 12.3. The monoisotopic (exact) mass is 347 g/mol. The van der Waals surface area contributed by atoms with Crippen molar-refractivity contribution in [2.24, 2.45) is 0 Å². The molecular weight excluding hydrogens is 334 g/mol. The van der Waals surface area contributed by atoms with Gasteiger partial charge >= 0.3 is 0 Å². The number of halogens is 1. The number of aromatic nitrogens is 2. The Labute approximate surface area is 141 Å². The molecule has 1 amide bonds. The summed E-state index contributed by atoms with van der Waals surface area (Å²) in [5, 5.41) is 4.06. The van der Waals surface area contributed by atoms with Crippen molar-refractivity contribution in [3.63, 3.8) is 0 Å². The summed E-state index contributed by atoms with van der Waals surface area (Å²) in [7, 11) is 0. The third kappa shape index (κ3) is 3.28. The number of amides is 1. The Bertz CT molecular complexity index is 915. The fraction of sp³-hybridized carbons (Fsp3) is 0.188. The predicted octanol–water partition coefficient (Wildman–Crippen LogP) is 2.92. The van der Waals surface area contributed by atoms with E-state index in [2.05, 4.69) is 15.3 Å². The summed E-state index contributed by atoms with van der Waals surface area (Å²) < 4.78 is 0. The number of hydrogen-bond donors (Lipinski definition) is 2. The van der Waals surface area contributed by atoms with Crippen LogP contribution in [0, 0.1) is 6.92 Å². The number of carbonyl (C=O) groups is 1. The fourth-order valence-corrected chi connectivity index (χ4v) is 3.54. The second-order valence-electron chi connectivity index (χ2n) is 5.10. The van der Waals surface area contributed by atoms with Crippen LogP contribution in [0.4, 0.5) is 0 Å². The van der Waals surface area contributed by atoms with Gasteiger partial charge in [0.15, 0.2) is 0 Å². The summed E-state index contributed by atoms with van der Waals surface area (Å²) in [5.41, 5.74) is 1.55. The first-order chi connectivity index (χ1) is 11.1. The Hall–Kier alpha value is -2.18. The molecule has 2 heterocycles. The van der Waals surface area contributed by atoms with E-state index in [1.54, 1.807) is 6.92 Å². The van der Waals surface area contributed by atoms with Crippen LogP contribution in [0.3, 0.4) is 0 Å². The highest BCUT2D eigenvalue weighted by Gasteiger charge is 2.17. The number of carbonyl (C=O) groups excluding carboxylic acids is 1.